The number of aromatic nitrogens is 2. The number of aliphatic hydroxyl groups is 1. The highest BCUT2D eigenvalue weighted by Gasteiger charge is 2.53. The summed E-state index contributed by atoms with van der Waals surface area (Å²) in [7, 11) is 0. The first-order chi connectivity index (χ1) is 22.1. The summed E-state index contributed by atoms with van der Waals surface area (Å²) < 4.78 is 0. The lowest BCUT2D eigenvalue weighted by molar-refractivity contribution is -0.135. The van der Waals surface area contributed by atoms with Gasteiger partial charge in [-0.2, -0.15) is 0 Å². The Labute approximate surface area is 269 Å². The van der Waals surface area contributed by atoms with Crippen molar-refractivity contribution in [1.82, 2.24) is 20.4 Å². The Balaban J connectivity index is 1.15. The molecule has 3 aliphatic carbocycles. The van der Waals surface area contributed by atoms with Crippen molar-refractivity contribution in [1.29, 1.82) is 0 Å². The Morgan fingerprint density at radius 3 is 2.17 bits per heavy atom. The van der Waals surface area contributed by atoms with Crippen LogP contribution in [0.4, 0.5) is 10.6 Å². The van der Waals surface area contributed by atoms with Gasteiger partial charge in [-0.1, -0.05) is 54.6 Å². The minimum Gasteiger partial charge on any atom is -0.465 e. The topological polar surface area (TPSA) is 145 Å². The number of hydrogen-bond acceptors (Lipinski definition) is 6. The Kier molecular flexibility index (Phi) is 8.83. The number of nitrogens with zero attached hydrogens (tertiary/aromatic N) is 3. The average Bonchev–Trinajstić information content (AvgIpc) is 3.87. The number of anilines is 1. The van der Waals surface area contributed by atoms with Gasteiger partial charge in [-0.3, -0.25) is 9.59 Å². The molecule has 0 unspecified atom stereocenters. The summed E-state index contributed by atoms with van der Waals surface area (Å²) in [6.07, 6.45) is 5.58. The minimum absolute atomic E-state index is 0.0946. The van der Waals surface area contributed by atoms with Crippen LogP contribution in [0.1, 0.15) is 77.2 Å². The van der Waals surface area contributed by atoms with Crippen LogP contribution in [0.15, 0.2) is 60.7 Å². The van der Waals surface area contributed by atoms with E-state index in [-0.39, 0.29) is 36.6 Å². The van der Waals surface area contributed by atoms with Gasteiger partial charge in [0.15, 0.2) is 5.82 Å². The van der Waals surface area contributed by atoms with E-state index in [0.29, 0.717) is 23.8 Å². The number of nitrogens with one attached hydrogen (secondary N) is 2. The highest BCUT2D eigenvalue weighted by Crippen LogP contribution is 2.48. The molecule has 6 rings (SSSR count). The zero-order valence-corrected chi connectivity index (χ0v) is 26.5. The third-order valence-electron chi connectivity index (χ3n) is 9.85. The number of carbonyl (C=O) groups is 3. The first kappa shape index (κ1) is 31.7. The molecule has 3 fully saturated rings. The maximum Gasteiger partial charge on any atom is 0.405 e. The van der Waals surface area contributed by atoms with Gasteiger partial charge in [0.1, 0.15) is 5.69 Å². The summed E-state index contributed by atoms with van der Waals surface area (Å²) in [4.78, 5) is 39.4. The summed E-state index contributed by atoms with van der Waals surface area (Å²) in [5, 5.41) is 34.3. The van der Waals surface area contributed by atoms with Gasteiger partial charge in [-0.15, -0.1) is 10.2 Å². The molecule has 10 nitrogen and oxygen atoms in total. The minimum atomic E-state index is -1.13. The van der Waals surface area contributed by atoms with E-state index in [2.05, 4.69) is 32.7 Å². The fourth-order valence-corrected chi connectivity index (χ4v) is 7.54. The van der Waals surface area contributed by atoms with Gasteiger partial charge in [0.05, 0.1) is 11.1 Å². The lowest BCUT2D eigenvalue weighted by Crippen LogP contribution is -2.61. The number of carbonyl (C=O) groups excluding carboxylic acids is 2. The molecular formula is C36H43N5O5. The molecular weight excluding hydrogens is 582 g/mol. The van der Waals surface area contributed by atoms with E-state index in [1.54, 1.807) is 6.92 Å². The van der Waals surface area contributed by atoms with Crippen LogP contribution < -0.4 is 10.6 Å². The predicted octanol–water partition coefficient (Wildman–Crippen LogP) is 5.96. The largest absolute Gasteiger partial charge is 0.465 e. The van der Waals surface area contributed by atoms with Crippen molar-refractivity contribution in [3.05, 3.63) is 66.2 Å². The van der Waals surface area contributed by atoms with Gasteiger partial charge in [0.2, 0.25) is 11.8 Å². The van der Waals surface area contributed by atoms with Crippen molar-refractivity contribution < 1.29 is 24.6 Å². The van der Waals surface area contributed by atoms with Gasteiger partial charge in [0.25, 0.3) is 0 Å². The van der Waals surface area contributed by atoms with Crippen molar-refractivity contribution in [2.45, 2.75) is 88.8 Å². The third kappa shape index (κ3) is 6.92. The molecule has 0 aliphatic heterocycles. The molecule has 1 aromatic heterocycles. The Morgan fingerprint density at radius 2 is 1.59 bits per heavy atom. The van der Waals surface area contributed by atoms with Crippen LogP contribution in [-0.2, 0) is 15.1 Å². The molecule has 46 heavy (non-hydrogen) atoms. The summed E-state index contributed by atoms with van der Waals surface area (Å²) in [5.41, 5.74) is 2.15. The normalized spacial score (nSPS) is 25.6. The van der Waals surface area contributed by atoms with Crippen LogP contribution >= 0.6 is 0 Å². The Morgan fingerprint density at radius 1 is 0.913 bits per heavy atom. The van der Waals surface area contributed by atoms with Crippen LogP contribution in [0.2, 0.25) is 0 Å². The molecule has 0 spiro atoms. The third-order valence-corrected chi connectivity index (χ3v) is 9.85. The van der Waals surface area contributed by atoms with Gasteiger partial charge < -0.3 is 25.7 Å². The molecule has 0 saturated heterocycles. The van der Waals surface area contributed by atoms with Gasteiger partial charge in [-0.05, 0) is 75.5 Å². The molecule has 3 amide bonds. The first-order valence-electron chi connectivity index (χ1n) is 16.4. The van der Waals surface area contributed by atoms with E-state index in [1.807, 2.05) is 60.7 Å². The molecule has 4 N–H and O–H groups in total. The number of rotatable bonds is 10. The van der Waals surface area contributed by atoms with Crippen LogP contribution in [0.3, 0.4) is 0 Å². The Bertz CT molecular complexity index is 1570. The second-order valence-electron chi connectivity index (χ2n) is 13.6. The number of carboxylic acid groups (broad SMARTS) is 1. The zero-order valence-electron chi connectivity index (χ0n) is 26.5. The van der Waals surface area contributed by atoms with Crippen molar-refractivity contribution >= 4 is 23.7 Å². The van der Waals surface area contributed by atoms with E-state index in [4.69, 9.17) is 0 Å². The smallest absolute Gasteiger partial charge is 0.405 e. The van der Waals surface area contributed by atoms with Crippen molar-refractivity contribution in [3.8, 4) is 22.4 Å². The molecule has 242 valence electrons. The maximum atomic E-state index is 13.1. The second-order valence-corrected chi connectivity index (χ2v) is 13.6. The van der Waals surface area contributed by atoms with Crippen molar-refractivity contribution in [2.75, 3.05) is 11.9 Å². The van der Waals surface area contributed by atoms with E-state index in [0.717, 1.165) is 67.3 Å². The molecule has 0 bridgehead atoms. The molecule has 0 radical (unpaired) electrons. The molecule has 2 aromatic carbocycles. The van der Waals surface area contributed by atoms with Crippen LogP contribution in [0.5, 0.6) is 0 Å². The summed E-state index contributed by atoms with van der Waals surface area (Å²) in [6, 6.07) is 19.4. The molecule has 3 aliphatic rings. The van der Waals surface area contributed by atoms with E-state index in [1.165, 1.54) is 0 Å². The van der Waals surface area contributed by atoms with Crippen LogP contribution in [-0.4, -0.2) is 61.4 Å². The summed E-state index contributed by atoms with van der Waals surface area (Å²) in [5.74, 6) is 1.09. The van der Waals surface area contributed by atoms with E-state index in [9.17, 15) is 24.6 Å². The van der Waals surface area contributed by atoms with Crippen LogP contribution in [0.25, 0.3) is 22.4 Å². The van der Waals surface area contributed by atoms with Gasteiger partial charge in [-0.25, -0.2) is 4.79 Å². The predicted molar refractivity (Wildman–Crippen MR) is 175 cm³/mol. The molecule has 3 aromatic rings. The number of benzene rings is 2. The van der Waals surface area contributed by atoms with E-state index < -0.39 is 17.2 Å². The molecule has 10 heteroatoms. The van der Waals surface area contributed by atoms with E-state index >= 15 is 0 Å². The quantitative estimate of drug-likeness (QED) is 0.217. The lowest BCUT2D eigenvalue weighted by atomic mass is 9.62. The summed E-state index contributed by atoms with van der Waals surface area (Å²) in [6.45, 7) is 4.51. The van der Waals surface area contributed by atoms with Gasteiger partial charge >= 0.3 is 6.09 Å². The van der Waals surface area contributed by atoms with Crippen molar-refractivity contribution in [2.24, 2.45) is 11.8 Å². The summed E-state index contributed by atoms with van der Waals surface area (Å²) >= 11 is 0. The monoisotopic (exact) mass is 625 g/mol. The fraction of sp³-hybridized carbons (Fsp3) is 0.472. The standard InChI is InChI=1S/C36H43N5O5/c1-3-41(33(43)26-11-12-26)28-17-9-23(10-18-28)19-31(42)37-30-20-29(24-7-5-4-6-8-24)32(40-39-30)25-13-15-27(16-14-25)36(38-34(44)45)21-35(2,46)22-36/h4-8,13-16,20,23,26,28,38,46H,3,9-12,17-19,21-22H2,1-2H3,(H,44,45)(H,37,39,42). The van der Waals surface area contributed by atoms with Crippen LogP contribution in [0, 0.1) is 11.8 Å². The number of hydrogen-bond donors (Lipinski definition) is 4. The SMILES string of the molecule is CCN(C(=O)C1CC1)C1CCC(CC(=O)Nc2cc(-c3ccccc3)c(-c3ccc(C4(NC(=O)O)CC(C)(O)C4)cc3)nn2)CC1. The molecule has 0 atom stereocenters. The van der Waals surface area contributed by atoms with Crippen molar-refractivity contribution in [3.63, 3.8) is 0 Å². The fourth-order valence-electron chi connectivity index (χ4n) is 7.54. The Hall–Kier alpha value is -4.31. The zero-order chi connectivity index (χ0) is 32.5. The molecule has 3 saturated carbocycles. The average molecular weight is 626 g/mol. The number of amides is 3. The lowest BCUT2D eigenvalue weighted by Gasteiger charge is -2.51. The maximum absolute atomic E-state index is 13.1. The highest BCUT2D eigenvalue weighted by molar-refractivity contribution is 5.91. The highest BCUT2D eigenvalue weighted by atomic mass is 16.4. The first-order valence-corrected chi connectivity index (χ1v) is 16.4. The van der Waals surface area contributed by atoms with Gasteiger partial charge in [0, 0.05) is 48.9 Å². The molecule has 1 heterocycles. The second kappa shape index (κ2) is 12.8.